The smallest absolute Gasteiger partial charge is 0.110 e. The van der Waals surface area contributed by atoms with Crippen molar-refractivity contribution in [1.82, 2.24) is 14.9 Å². The molecule has 0 saturated carbocycles. The van der Waals surface area contributed by atoms with Gasteiger partial charge in [0.25, 0.3) is 0 Å². The van der Waals surface area contributed by atoms with Crippen LogP contribution in [-0.2, 0) is 6.54 Å². The zero-order chi connectivity index (χ0) is 12.3. The van der Waals surface area contributed by atoms with Crippen LogP contribution in [0.3, 0.4) is 0 Å². The van der Waals surface area contributed by atoms with Gasteiger partial charge in [-0.25, -0.2) is 4.98 Å². The Morgan fingerprint density at radius 2 is 2.12 bits per heavy atom. The van der Waals surface area contributed by atoms with Gasteiger partial charge >= 0.3 is 0 Å². The van der Waals surface area contributed by atoms with Crippen molar-refractivity contribution >= 4 is 0 Å². The van der Waals surface area contributed by atoms with Crippen molar-refractivity contribution in [1.29, 1.82) is 0 Å². The lowest BCUT2D eigenvalue weighted by molar-refractivity contribution is 0.721. The lowest BCUT2D eigenvalue weighted by atomic mass is 10.1. The van der Waals surface area contributed by atoms with Gasteiger partial charge in [0.15, 0.2) is 0 Å². The van der Waals surface area contributed by atoms with Crippen LogP contribution in [0, 0.1) is 13.8 Å². The van der Waals surface area contributed by atoms with Gasteiger partial charge in [0.2, 0.25) is 0 Å². The minimum Gasteiger partial charge on any atom is -0.313 e. The van der Waals surface area contributed by atoms with Crippen molar-refractivity contribution in [3.05, 3.63) is 47.5 Å². The highest BCUT2D eigenvalue weighted by Gasteiger charge is 2.06. The molecule has 1 aromatic heterocycles. The molecule has 0 radical (unpaired) electrons. The van der Waals surface area contributed by atoms with E-state index in [1.165, 1.54) is 16.8 Å². The first kappa shape index (κ1) is 11.9. The summed E-state index contributed by atoms with van der Waals surface area (Å²) in [5, 5.41) is 3.38. The molecule has 90 valence electrons. The molecule has 17 heavy (non-hydrogen) atoms. The largest absolute Gasteiger partial charge is 0.313 e. The second-order valence-corrected chi connectivity index (χ2v) is 4.26. The zero-order valence-corrected chi connectivity index (χ0v) is 10.7. The molecule has 0 amide bonds. The second kappa shape index (κ2) is 5.15. The van der Waals surface area contributed by atoms with Crippen molar-refractivity contribution in [2.24, 2.45) is 0 Å². The Bertz CT molecular complexity index is 500. The van der Waals surface area contributed by atoms with Gasteiger partial charge in [-0.3, -0.25) is 0 Å². The van der Waals surface area contributed by atoms with Crippen LogP contribution in [0.2, 0.25) is 0 Å². The van der Waals surface area contributed by atoms with E-state index < -0.39 is 0 Å². The molecular formula is C14H19N3. The van der Waals surface area contributed by atoms with Crippen molar-refractivity contribution in [3.8, 4) is 5.69 Å². The number of aromatic nitrogens is 2. The molecule has 2 aromatic rings. The minimum absolute atomic E-state index is 0.894. The summed E-state index contributed by atoms with van der Waals surface area (Å²) >= 11 is 0. The van der Waals surface area contributed by atoms with Crippen LogP contribution in [0.4, 0.5) is 0 Å². The van der Waals surface area contributed by atoms with Crippen molar-refractivity contribution in [2.45, 2.75) is 27.3 Å². The first-order chi connectivity index (χ1) is 8.22. The average Bonchev–Trinajstić information content (AvgIpc) is 2.73. The molecule has 0 aliphatic heterocycles. The van der Waals surface area contributed by atoms with Crippen LogP contribution >= 0.6 is 0 Å². The van der Waals surface area contributed by atoms with E-state index in [-0.39, 0.29) is 0 Å². The standard InChI is InChI=1S/C14H19N3/c1-4-15-10-13-9-11(2)5-6-14(13)17-8-7-16-12(17)3/h5-9,15H,4,10H2,1-3H3. The van der Waals surface area contributed by atoms with Gasteiger partial charge in [-0.15, -0.1) is 0 Å². The van der Waals surface area contributed by atoms with Gasteiger partial charge < -0.3 is 9.88 Å². The molecule has 1 aromatic carbocycles. The summed E-state index contributed by atoms with van der Waals surface area (Å²) in [7, 11) is 0. The summed E-state index contributed by atoms with van der Waals surface area (Å²) in [6.45, 7) is 8.15. The summed E-state index contributed by atoms with van der Waals surface area (Å²) < 4.78 is 2.13. The third-order valence-electron chi connectivity index (χ3n) is 2.89. The number of nitrogens with one attached hydrogen (secondary N) is 1. The molecule has 3 heteroatoms. The number of imidazole rings is 1. The summed E-state index contributed by atoms with van der Waals surface area (Å²) in [6, 6.07) is 6.54. The molecular weight excluding hydrogens is 210 g/mol. The molecule has 1 N–H and O–H groups in total. The molecule has 0 aliphatic rings. The zero-order valence-electron chi connectivity index (χ0n) is 10.7. The Hall–Kier alpha value is -1.61. The van der Waals surface area contributed by atoms with E-state index in [0.29, 0.717) is 0 Å². The van der Waals surface area contributed by atoms with E-state index in [0.717, 1.165) is 18.9 Å². The predicted molar refractivity (Wildman–Crippen MR) is 70.4 cm³/mol. The first-order valence-corrected chi connectivity index (χ1v) is 6.03. The van der Waals surface area contributed by atoms with E-state index in [4.69, 9.17) is 0 Å². The lowest BCUT2D eigenvalue weighted by Gasteiger charge is -2.13. The van der Waals surface area contributed by atoms with Gasteiger partial charge in [-0.05, 0) is 32.0 Å². The van der Waals surface area contributed by atoms with Crippen LogP contribution in [0.15, 0.2) is 30.6 Å². The number of benzene rings is 1. The van der Waals surface area contributed by atoms with Crippen LogP contribution in [0.5, 0.6) is 0 Å². The molecule has 0 spiro atoms. The Morgan fingerprint density at radius 1 is 1.29 bits per heavy atom. The Kier molecular flexibility index (Phi) is 3.59. The minimum atomic E-state index is 0.894. The Morgan fingerprint density at radius 3 is 2.76 bits per heavy atom. The quantitative estimate of drug-likeness (QED) is 0.873. The van der Waals surface area contributed by atoms with Crippen LogP contribution < -0.4 is 5.32 Å². The van der Waals surface area contributed by atoms with Gasteiger partial charge in [-0.1, -0.05) is 24.6 Å². The molecule has 0 fully saturated rings. The summed E-state index contributed by atoms with van der Waals surface area (Å²) in [6.07, 6.45) is 3.85. The van der Waals surface area contributed by atoms with E-state index in [1.54, 1.807) is 0 Å². The van der Waals surface area contributed by atoms with Gasteiger partial charge in [0.05, 0.1) is 5.69 Å². The third kappa shape index (κ3) is 2.56. The highest BCUT2D eigenvalue weighted by Crippen LogP contribution is 2.18. The third-order valence-corrected chi connectivity index (χ3v) is 2.89. The fourth-order valence-electron chi connectivity index (χ4n) is 1.98. The SMILES string of the molecule is CCNCc1cc(C)ccc1-n1ccnc1C. The van der Waals surface area contributed by atoms with Gasteiger partial charge in [-0.2, -0.15) is 0 Å². The van der Waals surface area contributed by atoms with Gasteiger partial charge in [0, 0.05) is 18.9 Å². The normalized spacial score (nSPS) is 10.8. The predicted octanol–water partition coefficient (Wildman–Crippen LogP) is 2.60. The molecule has 0 bridgehead atoms. The summed E-state index contributed by atoms with van der Waals surface area (Å²) in [5.41, 5.74) is 3.82. The van der Waals surface area contributed by atoms with E-state index in [1.807, 2.05) is 19.3 Å². The fourth-order valence-corrected chi connectivity index (χ4v) is 1.98. The van der Waals surface area contributed by atoms with E-state index >= 15 is 0 Å². The molecule has 2 rings (SSSR count). The maximum atomic E-state index is 4.28. The Balaban J connectivity index is 2.42. The topological polar surface area (TPSA) is 29.9 Å². The highest BCUT2D eigenvalue weighted by molar-refractivity contribution is 5.44. The second-order valence-electron chi connectivity index (χ2n) is 4.26. The maximum absolute atomic E-state index is 4.28. The van der Waals surface area contributed by atoms with Crippen LogP contribution in [-0.4, -0.2) is 16.1 Å². The van der Waals surface area contributed by atoms with Crippen molar-refractivity contribution in [2.75, 3.05) is 6.54 Å². The number of nitrogens with zero attached hydrogens (tertiary/aromatic N) is 2. The highest BCUT2D eigenvalue weighted by atomic mass is 15.1. The number of aryl methyl sites for hydroxylation is 2. The van der Waals surface area contributed by atoms with Gasteiger partial charge in [0.1, 0.15) is 5.82 Å². The maximum Gasteiger partial charge on any atom is 0.110 e. The number of hydrogen-bond acceptors (Lipinski definition) is 2. The molecule has 0 atom stereocenters. The summed E-state index contributed by atoms with van der Waals surface area (Å²) in [5.74, 6) is 1.02. The summed E-state index contributed by atoms with van der Waals surface area (Å²) in [4.78, 5) is 4.28. The first-order valence-electron chi connectivity index (χ1n) is 6.03. The van der Waals surface area contributed by atoms with Crippen LogP contribution in [0.25, 0.3) is 5.69 Å². The van der Waals surface area contributed by atoms with Crippen LogP contribution in [0.1, 0.15) is 23.9 Å². The van der Waals surface area contributed by atoms with Crippen molar-refractivity contribution < 1.29 is 0 Å². The molecule has 0 unspecified atom stereocenters. The number of hydrogen-bond donors (Lipinski definition) is 1. The fraction of sp³-hybridized carbons (Fsp3) is 0.357. The molecule has 3 nitrogen and oxygen atoms in total. The number of rotatable bonds is 4. The molecule has 1 heterocycles. The monoisotopic (exact) mass is 229 g/mol. The Labute approximate surface area is 103 Å². The molecule has 0 saturated heterocycles. The molecule has 0 aliphatic carbocycles. The average molecular weight is 229 g/mol. The van der Waals surface area contributed by atoms with Crippen molar-refractivity contribution in [3.63, 3.8) is 0 Å². The van der Waals surface area contributed by atoms with E-state index in [9.17, 15) is 0 Å². The van der Waals surface area contributed by atoms with E-state index in [2.05, 4.69) is 46.9 Å². The lowest BCUT2D eigenvalue weighted by Crippen LogP contribution is -2.14.